The Bertz CT molecular complexity index is 845. The summed E-state index contributed by atoms with van der Waals surface area (Å²) in [7, 11) is 0. The van der Waals surface area contributed by atoms with E-state index >= 15 is 0 Å². The molecule has 0 aromatic carbocycles. The lowest BCUT2D eigenvalue weighted by molar-refractivity contribution is 0.694. The van der Waals surface area contributed by atoms with Crippen LogP contribution in [-0.2, 0) is 0 Å². The number of fused-ring (bicyclic) bond motifs is 2. The standard InChI is InChI=1S/C17H22N8/c1-3-25(4-2)17-23-15(14-16(24-17)20-10-19-14)18-9-13-21-11-7-5-6-8-12(11)22-13/h5-8,10-12H,3-4,9H2,1-2H3,(H,21,22)(H2,18,19,20,23,24). The largest absolute Gasteiger partial charge is 0.364 e. The van der Waals surface area contributed by atoms with E-state index in [0.717, 1.165) is 30.3 Å². The lowest BCUT2D eigenvalue weighted by Crippen LogP contribution is -2.35. The van der Waals surface area contributed by atoms with Gasteiger partial charge in [-0.25, -0.2) is 4.98 Å². The number of amidine groups is 1. The molecule has 2 aromatic rings. The minimum Gasteiger partial charge on any atom is -0.364 e. The second-order valence-electron chi connectivity index (χ2n) is 6.01. The Balaban J connectivity index is 1.55. The number of hydrogen-bond acceptors (Lipinski definition) is 7. The maximum Gasteiger partial charge on any atom is 0.229 e. The van der Waals surface area contributed by atoms with Crippen LogP contribution >= 0.6 is 0 Å². The molecule has 0 bridgehead atoms. The molecule has 2 atom stereocenters. The van der Waals surface area contributed by atoms with Crippen molar-refractivity contribution < 1.29 is 0 Å². The first-order valence-corrected chi connectivity index (χ1v) is 8.66. The number of allylic oxidation sites excluding steroid dienone is 2. The molecule has 8 heteroatoms. The zero-order valence-corrected chi connectivity index (χ0v) is 14.4. The SMILES string of the molecule is CCN(CC)c1nc(NCC2=NC3C=CC=CC3N2)c2[nH]cnc2n1. The van der Waals surface area contributed by atoms with Gasteiger partial charge in [0.05, 0.1) is 25.0 Å². The highest BCUT2D eigenvalue weighted by atomic mass is 15.3. The molecule has 25 heavy (non-hydrogen) atoms. The summed E-state index contributed by atoms with van der Waals surface area (Å²) in [6.07, 6.45) is 9.98. The Labute approximate surface area is 146 Å². The Morgan fingerprint density at radius 2 is 2.00 bits per heavy atom. The van der Waals surface area contributed by atoms with E-state index in [4.69, 9.17) is 4.99 Å². The van der Waals surface area contributed by atoms with Crippen molar-refractivity contribution in [2.45, 2.75) is 25.9 Å². The van der Waals surface area contributed by atoms with E-state index in [2.05, 4.69) is 67.5 Å². The van der Waals surface area contributed by atoms with Gasteiger partial charge < -0.3 is 20.5 Å². The average molecular weight is 338 g/mol. The third-order valence-electron chi connectivity index (χ3n) is 4.49. The predicted octanol–water partition coefficient (Wildman–Crippen LogP) is 1.48. The second kappa shape index (κ2) is 6.54. The van der Waals surface area contributed by atoms with Gasteiger partial charge in [-0.15, -0.1) is 0 Å². The van der Waals surface area contributed by atoms with Crippen LogP contribution in [0.2, 0.25) is 0 Å². The third kappa shape index (κ3) is 2.95. The number of aromatic amines is 1. The van der Waals surface area contributed by atoms with Crippen LogP contribution in [-0.4, -0.2) is 57.5 Å². The van der Waals surface area contributed by atoms with E-state index in [0.29, 0.717) is 18.1 Å². The van der Waals surface area contributed by atoms with Crippen molar-refractivity contribution in [2.75, 3.05) is 29.9 Å². The number of imidazole rings is 1. The first-order chi connectivity index (χ1) is 12.3. The Hall–Kier alpha value is -2.90. The quantitative estimate of drug-likeness (QED) is 0.738. The molecule has 0 radical (unpaired) electrons. The van der Waals surface area contributed by atoms with Crippen molar-refractivity contribution in [3.05, 3.63) is 30.6 Å². The number of aromatic nitrogens is 4. The molecule has 8 nitrogen and oxygen atoms in total. The number of H-pyrrole nitrogens is 1. The summed E-state index contributed by atoms with van der Waals surface area (Å²) in [5.74, 6) is 2.37. The van der Waals surface area contributed by atoms with E-state index in [9.17, 15) is 0 Å². The maximum absolute atomic E-state index is 4.71. The number of rotatable bonds is 6. The van der Waals surface area contributed by atoms with Gasteiger partial charge in [-0.3, -0.25) is 4.99 Å². The molecule has 2 unspecified atom stereocenters. The van der Waals surface area contributed by atoms with Crippen LogP contribution in [0.5, 0.6) is 0 Å². The molecule has 0 fully saturated rings. The summed E-state index contributed by atoms with van der Waals surface area (Å²) in [5, 5.41) is 6.81. The van der Waals surface area contributed by atoms with Crippen LogP contribution in [0.4, 0.5) is 11.8 Å². The van der Waals surface area contributed by atoms with Crippen LogP contribution in [0.3, 0.4) is 0 Å². The average Bonchev–Trinajstić information content (AvgIpc) is 3.27. The zero-order chi connectivity index (χ0) is 17.2. The van der Waals surface area contributed by atoms with Gasteiger partial charge in [-0.05, 0) is 13.8 Å². The molecule has 130 valence electrons. The van der Waals surface area contributed by atoms with Crippen molar-refractivity contribution in [3.8, 4) is 0 Å². The second-order valence-corrected chi connectivity index (χ2v) is 6.01. The van der Waals surface area contributed by atoms with E-state index < -0.39 is 0 Å². The van der Waals surface area contributed by atoms with Gasteiger partial charge in [0, 0.05) is 13.1 Å². The fraction of sp³-hybridized carbons (Fsp3) is 0.412. The van der Waals surface area contributed by atoms with E-state index in [1.54, 1.807) is 6.33 Å². The summed E-state index contributed by atoms with van der Waals surface area (Å²) < 4.78 is 0. The minimum atomic E-state index is 0.186. The molecule has 1 aliphatic heterocycles. The maximum atomic E-state index is 4.71. The van der Waals surface area contributed by atoms with Gasteiger partial charge in [0.1, 0.15) is 11.4 Å². The van der Waals surface area contributed by atoms with E-state index in [1.807, 2.05) is 6.08 Å². The number of nitrogens with zero attached hydrogens (tertiary/aromatic N) is 5. The molecule has 3 heterocycles. The van der Waals surface area contributed by atoms with Gasteiger partial charge in [-0.1, -0.05) is 24.3 Å². The summed E-state index contributed by atoms with van der Waals surface area (Å²) in [5.41, 5.74) is 1.48. The van der Waals surface area contributed by atoms with Crippen molar-refractivity contribution in [2.24, 2.45) is 4.99 Å². The van der Waals surface area contributed by atoms with Gasteiger partial charge in [-0.2, -0.15) is 9.97 Å². The first-order valence-electron chi connectivity index (χ1n) is 8.66. The van der Waals surface area contributed by atoms with Crippen LogP contribution in [0.25, 0.3) is 11.2 Å². The van der Waals surface area contributed by atoms with Crippen LogP contribution in [0, 0.1) is 0 Å². The molecule has 0 spiro atoms. The van der Waals surface area contributed by atoms with Crippen LogP contribution < -0.4 is 15.5 Å². The number of anilines is 2. The van der Waals surface area contributed by atoms with Gasteiger partial charge >= 0.3 is 0 Å². The smallest absolute Gasteiger partial charge is 0.229 e. The highest BCUT2D eigenvalue weighted by Crippen LogP contribution is 2.21. The predicted molar refractivity (Wildman–Crippen MR) is 100 cm³/mol. The topological polar surface area (TPSA) is 94.1 Å². The van der Waals surface area contributed by atoms with Crippen molar-refractivity contribution in [1.82, 2.24) is 25.3 Å². The summed E-state index contributed by atoms with van der Waals surface area (Å²) in [6.45, 7) is 6.46. The summed E-state index contributed by atoms with van der Waals surface area (Å²) in [6, 6.07) is 0.441. The van der Waals surface area contributed by atoms with E-state index in [1.165, 1.54) is 0 Å². The summed E-state index contributed by atoms with van der Waals surface area (Å²) in [4.78, 5) is 23.5. The van der Waals surface area contributed by atoms with Gasteiger partial charge in [0.2, 0.25) is 5.95 Å². The van der Waals surface area contributed by atoms with Crippen molar-refractivity contribution >= 4 is 28.8 Å². The van der Waals surface area contributed by atoms with Crippen LogP contribution in [0.15, 0.2) is 35.6 Å². The molecular weight excluding hydrogens is 316 g/mol. The Morgan fingerprint density at radius 1 is 1.16 bits per heavy atom. The Morgan fingerprint density at radius 3 is 2.80 bits per heavy atom. The number of nitrogens with one attached hydrogen (secondary N) is 3. The number of hydrogen-bond donors (Lipinski definition) is 3. The fourth-order valence-electron chi connectivity index (χ4n) is 3.12. The monoisotopic (exact) mass is 338 g/mol. The van der Waals surface area contributed by atoms with Crippen molar-refractivity contribution in [1.29, 1.82) is 0 Å². The van der Waals surface area contributed by atoms with Crippen molar-refractivity contribution in [3.63, 3.8) is 0 Å². The lowest BCUT2D eigenvalue weighted by Gasteiger charge is -2.19. The molecule has 0 saturated heterocycles. The first kappa shape index (κ1) is 15.6. The number of aliphatic imine (C=N–C) groups is 1. The minimum absolute atomic E-state index is 0.186. The van der Waals surface area contributed by atoms with Gasteiger partial charge in [0.15, 0.2) is 11.5 Å². The highest BCUT2D eigenvalue weighted by molar-refractivity contribution is 5.91. The van der Waals surface area contributed by atoms with Crippen LogP contribution in [0.1, 0.15) is 13.8 Å². The molecule has 2 aromatic heterocycles. The van der Waals surface area contributed by atoms with E-state index in [-0.39, 0.29) is 12.1 Å². The molecule has 1 aliphatic carbocycles. The molecule has 0 amide bonds. The Kier molecular flexibility index (Phi) is 4.09. The molecule has 3 N–H and O–H groups in total. The molecule has 0 saturated carbocycles. The molecular formula is C17H22N8. The van der Waals surface area contributed by atoms with Gasteiger partial charge in [0.25, 0.3) is 0 Å². The summed E-state index contributed by atoms with van der Waals surface area (Å²) >= 11 is 0. The normalized spacial score (nSPS) is 21.1. The fourth-order valence-corrected chi connectivity index (χ4v) is 3.12. The highest BCUT2D eigenvalue weighted by Gasteiger charge is 2.25. The third-order valence-corrected chi connectivity index (χ3v) is 4.49. The lowest BCUT2D eigenvalue weighted by atomic mass is 10.1. The molecule has 4 rings (SSSR count). The zero-order valence-electron chi connectivity index (χ0n) is 14.4. The molecule has 2 aliphatic rings.